The Morgan fingerprint density at radius 1 is 1.10 bits per heavy atom. The molecular weight excluding hydrogens is 429 g/mol. The number of benzene rings is 3. The third-order valence-corrected chi connectivity index (χ3v) is 6.33. The second kappa shape index (κ2) is 8.53. The number of carbonyl (C=O) groups is 1. The molecule has 0 aliphatic heterocycles. The molecule has 3 aromatic rings. The number of nitrogens with zero attached hydrogens (tertiary/aromatic N) is 2. The zero-order valence-electron chi connectivity index (χ0n) is 15.6. The number of halogens is 2. The lowest BCUT2D eigenvalue weighted by atomic mass is 10.1. The van der Waals surface area contributed by atoms with Gasteiger partial charge in [0.2, 0.25) is 0 Å². The van der Waals surface area contributed by atoms with Crippen molar-refractivity contribution in [2.75, 3.05) is 16.7 Å². The highest BCUT2D eigenvalue weighted by Gasteiger charge is 2.22. The quantitative estimate of drug-likeness (QED) is 0.631. The lowest BCUT2D eigenvalue weighted by Crippen LogP contribution is -2.26. The first kappa shape index (κ1) is 21.3. The molecule has 0 aliphatic rings. The molecule has 0 unspecified atom stereocenters. The first-order valence-corrected chi connectivity index (χ1v) is 10.4. The van der Waals surface area contributed by atoms with E-state index in [1.165, 1.54) is 37.4 Å². The molecule has 0 saturated carbocycles. The van der Waals surface area contributed by atoms with Crippen LogP contribution in [0.25, 0.3) is 0 Å². The van der Waals surface area contributed by atoms with Crippen LogP contribution in [0.4, 0.5) is 15.8 Å². The topological polar surface area (TPSA) is 90.3 Å². The van der Waals surface area contributed by atoms with Crippen LogP contribution in [0, 0.1) is 17.1 Å². The van der Waals surface area contributed by atoms with E-state index in [0.29, 0.717) is 10.7 Å². The van der Waals surface area contributed by atoms with Gasteiger partial charge in [-0.3, -0.25) is 9.10 Å². The molecule has 0 spiro atoms. The van der Waals surface area contributed by atoms with Gasteiger partial charge in [-0.2, -0.15) is 5.26 Å². The van der Waals surface area contributed by atoms with Crippen molar-refractivity contribution in [3.8, 4) is 6.07 Å². The molecule has 3 rings (SSSR count). The summed E-state index contributed by atoms with van der Waals surface area (Å²) in [6.45, 7) is 0. The Morgan fingerprint density at radius 3 is 2.47 bits per heavy atom. The molecule has 0 aliphatic carbocycles. The third-order valence-electron chi connectivity index (χ3n) is 4.30. The van der Waals surface area contributed by atoms with Crippen molar-refractivity contribution in [2.24, 2.45) is 0 Å². The largest absolute Gasteiger partial charge is 0.321 e. The highest BCUT2D eigenvalue weighted by molar-refractivity contribution is 7.92. The summed E-state index contributed by atoms with van der Waals surface area (Å²) in [6, 6.07) is 16.9. The summed E-state index contributed by atoms with van der Waals surface area (Å²) in [6.07, 6.45) is 0. The molecule has 0 bridgehead atoms. The predicted octanol–water partition coefficient (Wildman–Crippen LogP) is 4.43. The summed E-state index contributed by atoms with van der Waals surface area (Å²) < 4.78 is 40.3. The molecule has 1 N–H and O–H groups in total. The van der Waals surface area contributed by atoms with Gasteiger partial charge in [0.25, 0.3) is 15.9 Å². The predicted molar refractivity (Wildman–Crippen MR) is 113 cm³/mol. The molecule has 0 heterocycles. The molecule has 3 aromatic carbocycles. The highest BCUT2D eigenvalue weighted by atomic mass is 35.5. The van der Waals surface area contributed by atoms with Crippen LogP contribution in [0.2, 0.25) is 5.02 Å². The molecule has 9 heteroatoms. The Kier molecular flexibility index (Phi) is 6.06. The number of hydrogen-bond acceptors (Lipinski definition) is 4. The summed E-state index contributed by atoms with van der Waals surface area (Å²) in [5.41, 5.74) is 0.540. The van der Waals surface area contributed by atoms with E-state index in [1.807, 2.05) is 0 Å². The lowest BCUT2D eigenvalue weighted by Gasteiger charge is -2.20. The van der Waals surface area contributed by atoms with E-state index < -0.39 is 21.7 Å². The van der Waals surface area contributed by atoms with Crippen molar-refractivity contribution < 1.29 is 17.6 Å². The molecule has 30 heavy (non-hydrogen) atoms. The maximum Gasteiger partial charge on any atom is 0.264 e. The highest BCUT2D eigenvalue weighted by Crippen LogP contribution is 2.24. The van der Waals surface area contributed by atoms with Crippen molar-refractivity contribution in [3.05, 3.63) is 88.7 Å². The van der Waals surface area contributed by atoms with E-state index in [4.69, 9.17) is 16.9 Å². The van der Waals surface area contributed by atoms with Gasteiger partial charge in [0, 0.05) is 17.6 Å². The van der Waals surface area contributed by atoms with Gasteiger partial charge < -0.3 is 5.32 Å². The standard InChI is InChI=1S/C21H15ClFN3O3S/c1-26(18-8-5-16(22)6-9-18)30(28,29)19-4-2-3-14(12-19)21(27)25-20-10-7-17(23)11-15(20)13-24/h2-12H,1H3,(H,25,27). The summed E-state index contributed by atoms with van der Waals surface area (Å²) in [4.78, 5) is 12.5. The average Bonchev–Trinajstić information content (AvgIpc) is 2.75. The van der Waals surface area contributed by atoms with E-state index in [2.05, 4.69) is 5.32 Å². The first-order chi connectivity index (χ1) is 14.2. The van der Waals surface area contributed by atoms with Crippen LogP contribution in [0.3, 0.4) is 0 Å². The number of carbonyl (C=O) groups excluding carboxylic acids is 1. The van der Waals surface area contributed by atoms with Crippen molar-refractivity contribution in [2.45, 2.75) is 4.90 Å². The van der Waals surface area contributed by atoms with Gasteiger partial charge in [0.15, 0.2) is 0 Å². The minimum absolute atomic E-state index is 0.0467. The average molecular weight is 444 g/mol. The van der Waals surface area contributed by atoms with Gasteiger partial charge in [0.1, 0.15) is 11.9 Å². The zero-order valence-corrected chi connectivity index (χ0v) is 17.2. The molecule has 152 valence electrons. The minimum Gasteiger partial charge on any atom is -0.321 e. The minimum atomic E-state index is -3.94. The van der Waals surface area contributed by atoms with Crippen LogP contribution in [-0.2, 0) is 10.0 Å². The van der Waals surface area contributed by atoms with E-state index in [-0.39, 0.29) is 21.7 Å². The van der Waals surface area contributed by atoms with Crippen LogP contribution < -0.4 is 9.62 Å². The molecule has 0 atom stereocenters. The second-order valence-electron chi connectivity index (χ2n) is 6.23. The van der Waals surface area contributed by atoms with Gasteiger partial charge >= 0.3 is 0 Å². The molecule has 0 saturated heterocycles. The number of anilines is 2. The Bertz CT molecular complexity index is 1260. The summed E-state index contributed by atoms with van der Waals surface area (Å²) >= 11 is 5.85. The van der Waals surface area contributed by atoms with E-state index in [1.54, 1.807) is 30.3 Å². The summed E-state index contributed by atoms with van der Waals surface area (Å²) in [7, 11) is -2.55. The van der Waals surface area contributed by atoms with Gasteiger partial charge in [-0.05, 0) is 60.7 Å². The van der Waals surface area contributed by atoms with E-state index >= 15 is 0 Å². The number of nitriles is 1. The Morgan fingerprint density at radius 2 is 1.80 bits per heavy atom. The Labute approximate surface area is 178 Å². The Hall–Kier alpha value is -3.41. The summed E-state index contributed by atoms with van der Waals surface area (Å²) in [5, 5.41) is 12.1. The first-order valence-electron chi connectivity index (χ1n) is 8.58. The van der Waals surface area contributed by atoms with Crippen molar-refractivity contribution in [1.82, 2.24) is 0 Å². The molecule has 0 radical (unpaired) electrons. The van der Waals surface area contributed by atoms with Gasteiger partial charge in [-0.1, -0.05) is 17.7 Å². The molecule has 1 amide bonds. The monoisotopic (exact) mass is 443 g/mol. The van der Waals surface area contributed by atoms with Gasteiger partial charge in [0.05, 0.1) is 21.8 Å². The number of rotatable bonds is 5. The smallest absolute Gasteiger partial charge is 0.264 e. The van der Waals surface area contributed by atoms with Crippen LogP contribution in [0.5, 0.6) is 0 Å². The van der Waals surface area contributed by atoms with Crippen LogP contribution in [-0.4, -0.2) is 21.4 Å². The zero-order chi connectivity index (χ0) is 21.9. The third kappa shape index (κ3) is 4.43. The molecular formula is C21H15ClFN3O3S. The fourth-order valence-electron chi connectivity index (χ4n) is 2.66. The fraction of sp³-hybridized carbons (Fsp3) is 0.0476. The Balaban J connectivity index is 1.89. The molecule has 0 fully saturated rings. The SMILES string of the molecule is CN(c1ccc(Cl)cc1)S(=O)(=O)c1cccc(C(=O)Nc2ccc(F)cc2C#N)c1. The van der Waals surface area contributed by atoms with Crippen LogP contribution >= 0.6 is 11.6 Å². The van der Waals surface area contributed by atoms with E-state index in [0.717, 1.165) is 16.4 Å². The molecule has 6 nitrogen and oxygen atoms in total. The van der Waals surface area contributed by atoms with Crippen molar-refractivity contribution in [1.29, 1.82) is 5.26 Å². The maximum absolute atomic E-state index is 13.3. The van der Waals surface area contributed by atoms with Crippen molar-refractivity contribution in [3.63, 3.8) is 0 Å². The summed E-state index contributed by atoms with van der Waals surface area (Å²) in [5.74, 6) is -1.24. The number of nitrogens with one attached hydrogen (secondary N) is 1. The van der Waals surface area contributed by atoms with Gasteiger partial charge in [-0.15, -0.1) is 0 Å². The number of amides is 1. The lowest BCUT2D eigenvalue weighted by molar-refractivity contribution is 0.102. The number of hydrogen-bond donors (Lipinski definition) is 1. The van der Waals surface area contributed by atoms with Crippen molar-refractivity contribution >= 4 is 38.9 Å². The van der Waals surface area contributed by atoms with E-state index in [9.17, 15) is 17.6 Å². The molecule has 0 aromatic heterocycles. The fourth-order valence-corrected chi connectivity index (χ4v) is 4.03. The number of sulfonamides is 1. The van der Waals surface area contributed by atoms with Crippen LogP contribution in [0.15, 0.2) is 71.6 Å². The van der Waals surface area contributed by atoms with Gasteiger partial charge in [-0.25, -0.2) is 12.8 Å². The van der Waals surface area contributed by atoms with Crippen LogP contribution in [0.1, 0.15) is 15.9 Å². The second-order valence-corrected chi connectivity index (χ2v) is 8.64. The normalized spacial score (nSPS) is 10.9. The maximum atomic E-state index is 13.3.